The average molecular weight is 602 g/mol. The van der Waals surface area contributed by atoms with Crippen LogP contribution in [-0.4, -0.2) is 86.2 Å². The Labute approximate surface area is 251 Å². The molecule has 0 bridgehead atoms. The van der Waals surface area contributed by atoms with E-state index in [4.69, 9.17) is 24.0 Å². The van der Waals surface area contributed by atoms with Gasteiger partial charge >= 0.3 is 6.03 Å². The molecule has 1 aromatic heterocycles. The molecule has 2 heterocycles. The highest BCUT2D eigenvalue weighted by Crippen LogP contribution is 2.32. The number of urea groups is 1. The van der Waals surface area contributed by atoms with E-state index in [1.807, 2.05) is 51.1 Å². The molecule has 1 fully saturated rings. The molecule has 1 saturated heterocycles. The summed E-state index contributed by atoms with van der Waals surface area (Å²) >= 11 is 0. The fourth-order valence-corrected chi connectivity index (χ4v) is 5.28. The molecule has 2 atom stereocenters. The van der Waals surface area contributed by atoms with Gasteiger partial charge in [-0.3, -0.25) is 10.2 Å². The number of likely N-dealkylation sites (tertiary alicyclic amines) is 1. The van der Waals surface area contributed by atoms with Crippen molar-refractivity contribution in [1.29, 1.82) is 0 Å². The summed E-state index contributed by atoms with van der Waals surface area (Å²) in [6.45, 7) is 9.08. The van der Waals surface area contributed by atoms with Crippen molar-refractivity contribution >= 4 is 11.8 Å². The van der Waals surface area contributed by atoms with Gasteiger partial charge in [0.25, 0.3) is 0 Å². The second-order valence-corrected chi connectivity index (χ2v) is 10.1. The fourth-order valence-electron chi connectivity index (χ4n) is 5.28. The summed E-state index contributed by atoms with van der Waals surface area (Å²) in [5.74, 6) is -1.33. The zero-order valence-corrected chi connectivity index (χ0v) is 25.1. The van der Waals surface area contributed by atoms with Crippen molar-refractivity contribution < 1.29 is 32.5 Å². The molecule has 2 N–H and O–H groups in total. The minimum absolute atomic E-state index is 0.268. The van der Waals surface area contributed by atoms with Gasteiger partial charge in [0.15, 0.2) is 17.9 Å². The Balaban J connectivity index is 1.65. The molecule has 234 valence electrons. The van der Waals surface area contributed by atoms with E-state index in [-0.39, 0.29) is 18.4 Å². The Kier molecular flexibility index (Phi) is 11.9. The van der Waals surface area contributed by atoms with Gasteiger partial charge in [-0.05, 0) is 50.6 Å². The lowest BCUT2D eigenvalue weighted by molar-refractivity contribution is -0.134. The number of hydrogen-bond donors (Lipinski definition) is 2. The van der Waals surface area contributed by atoms with E-state index in [0.717, 1.165) is 11.8 Å². The van der Waals surface area contributed by atoms with E-state index in [9.17, 15) is 13.6 Å². The molecule has 0 aliphatic carbocycles. The van der Waals surface area contributed by atoms with E-state index < -0.39 is 24.0 Å². The molecule has 0 saturated carbocycles. The second-order valence-electron chi connectivity index (χ2n) is 10.1. The third-order valence-corrected chi connectivity index (χ3v) is 7.23. The number of ether oxygens (including phenoxy) is 4. The summed E-state index contributed by atoms with van der Waals surface area (Å²) in [5.41, 5.74) is 1.95. The van der Waals surface area contributed by atoms with Crippen LogP contribution in [0, 0.1) is 11.6 Å². The van der Waals surface area contributed by atoms with Crippen LogP contribution in [0.1, 0.15) is 37.8 Å². The zero-order valence-electron chi connectivity index (χ0n) is 25.1. The van der Waals surface area contributed by atoms with Crippen molar-refractivity contribution in [3.05, 3.63) is 71.3 Å². The van der Waals surface area contributed by atoms with Gasteiger partial charge in [0.2, 0.25) is 5.88 Å². The Morgan fingerprint density at radius 1 is 1.02 bits per heavy atom. The lowest BCUT2D eigenvalue weighted by Crippen LogP contribution is -2.42. The molecule has 2 aromatic carbocycles. The number of rotatable bonds is 15. The number of benzene rings is 2. The maximum Gasteiger partial charge on any atom is 0.320 e. The summed E-state index contributed by atoms with van der Waals surface area (Å²) < 4.78 is 52.3. The topological polar surface area (TPSA) is 99.1 Å². The molecule has 10 nitrogen and oxygen atoms in total. The quantitative estimate of drug-likeness (QED) is 0.243. The standard InChI is InChI=1S/C31H41F2N5O5/c1-5-41-28(42-6-2)18-23-29(38(36-30(23)43-7-3)22-11-9-8-10-12-22)35-31(39)34-27-20-37(15-16-40-4)19-24(27)21-13-14-25(32)26(33)17-21/h8-14,17,24,27-28H,5-7,15-16,18-20H2,1-4H3,(H2,34,35,39)/t24-,27+/m0/s1. The van der Waals surface area contributed by atoms with Crippen molar-refractivity contribution in [1.82, 2.24) is 20.0 Å². The molecule has 3 aromatic rings. The predicted molar refractivity (Wildman–Crippen MR) is 159 cm³/mol. The monoisotopic (exact) mass is 601 g/mol. The number of hydrogen-bond acceptors (Lipinski definition) is 7. The molecular weight excluding hydrogens is 560 g/mol. The number of methoxy groups -OCH3 is 1. The molecule has 4 rings (SSSR count). The van der Waals surface area contributed by atoms with Crippen LogP contribution >= 0.6 is 0 Å². The summed E-state index contributed by atoms with van der Waals surface area (Å²) in [7, 11) is 1.62. The second kappa shape index (κ2) is 15.8. The molecular formula is C31H41F2N5O5. The van der Waals surface area contributed by atoms with Crippen LogP contribution in [-0.2, 0) is 20.6 Å². The number of halogens is 2. The summed E-state index contributed by atoms with van der Waals surface area (Å²) in [6.07, 6.45) is -0.293. The third-order valence-electron chi connectivity index (χ3n) is 7.23. The van der Waals surface area contributed by atoms with Gasteiger partial charge < -0.3 is 24.3 Å². The van der Waals surface area contributed by atoms with E-state index in [2.05, 4.69) is 15.5 Å². The lowest BCUT2D eigenvalue weighted by Gasteiger charge is -2.22. The van der Waals surface area contributed by atoms with Gasteiger partial charge in [-0.2, -0.15) is 0 Å². The molecule has 1 aliphatic rings. The number of anilines is 1. The van der Waals surface area contributed by atoms with Crippen molar-refractivity contribution in [3.8, 4) is 11.6 Å². The molecule has 12 heteroatoms. The van der Waals surface area contributed by atoms with Crippen LogP contribution in [0.25, 0.3) is 5.69 Å². The van der Waals surface area contributed by atoms with Gasteiger partial charge in [-0.1, -0.05) is 24.3 Å². The third kappa shape index (κ3) is 8.29. The summed E-state index contributed by atoms with van der Waals surface area (Å²) in [6, 6.07) is 12.4. The number of nitrogens with one attached hydrogen (secondary N) is 2. The highest BCUT2D eigenvalue weighted by Gasteiger charge is 2.36. The average Bonchev–Trinajstić information content (AvgIpc) is 3.55. The zero-order chi connectivity index (χ0) is 30.8. The van der Waals surface area contributed by atoms with Crippen molar-refractivity contribution in [2.45, 2.75) is 45.4 Å². The van der Waals surface area contributed by atoms with Crippen LogP contribution in [0.3, 0.4) is 0 Å². The molecule has 0 unspecified atom stereocenters. The van der Waals surface area contributed by atoms with Gasteiger partial charge in [0, 0.05) is 52.3 Å². The van der Waals surface area contributed by atoms with Gasteiger partial charge in [0.1, 0.15) is 5.82 Å². The molecule has 2 amide bonds. The lowest BCUT2D eigenvalue weighted by atomic mass is 9.94. The normalized spacial score (nSPS) is 17.0. The SMILES string of the molecule is CCOc1nn(-c2ccccc2)c(NC(=O)N[C@@H]2CN(CCOC)C[C@H]2c2ccc(F)c(F)c2)c1CC(OCC)OCC. The van der Waals surface area contributed by atoms with E-state index in [0.29, 0.717) is 68.9 Å². The minimum atomic E-state index is -0.922. The highest BCUT2D eigenvalue weighted by atomic mass is 19.2. The minimum Gasteiger partial charge on any atom is -0.477 e. The molecule has 0 radical (unpaired) electrons. The van der Waals surface area contributed by atoms with Gasteiger partial charge in [0.05, 0.1) is 30.5 Å². The highest BCUT2D eigenvalue weighted by molar-refractivity contribution is 5.90. The molecule has 43 heavy (non-hydrogen) atoms. The van der Waals surface area contributed by atoms with Gasteiger partial charge in [-0.25, -0.2) is 18.3 Å². The van der Waals surface area contributed by atoms with E-state index in [1.54, 1.807) is 17.9 Å². The van der Waals surface area contributed by atoms with Crippen LogP contribution in [0.15, 0.2) is 48.5 Å². The number of carbonyl (C=O) groups excluding carboxylic acids is 1. The van der Waals surface area contributed by atoms with Crippen molar-refractivity contribution in [2.24, 2.45) is 0 Å². The van der Waals surface area contributed by atoms with Crippen LogP contribution in [0.2, 0.25) is 0 Å². The smallest absolute Gasteiger partial charge is 0.320 e. The maximum absolute atomic E-state index is 14.2. The van der Waals surface area contributed by atoms with E-state index >= 15 is 0 Å². The summed E-state index contributed by atoms with van der Waals surface area (Å²) in [5, 5.41) is 10.8. The van der Waals surface area contributed by atoms with Crippen LogP contribution in [0.5, 0.6) is 5.88 Å². The maximum atomic E-state index is 14.2. The first-order valence-corrected chi connectivity index (χ1v) is 14.6. The first-order valence-electron chi connectivity index (χ1n) is 14.6. The van der Waals surface area contributed by atoms with Gasteiger partial charge in [-0.15, -0.1) is 5.10 Å². The number of para-hydroxylation sites is 1. The first kappa shape index (κ1) is 32.3. The fraction of sp³-hybridized carbons (Fsp3) is 0.484. The Bertz CT molecular complexity index is 1320. The van der Waals surface area contributed by atoms with Crippen molar-refractivity contribution in [2.75, 3.05) is 58.5 Å². The number of aromatic nitrogens is 2. The van der Waals surface area contributed by atoms with Crippen LogP contribution in [0.4, 0.5) is 19.4 Å². The van der Waals surface area contributed by atoms with E-state index in [1.165, 1.54) is 6.07 Å². The van der Waals surface area contributed by atoms with Crippen molar-refractivity contribution in [3.63, 3.8) is 0 Å². The molecule has 0 spiro atoms. The Hall–Kier alpha value is -3.58. The summed E-state index contributed by atoms with van der Waals surface area (Å²) in [4.78, 5) is 15.8. The largest absolute Gasteiger partial charge is 0.477 e. The number of amides is 2. The first-order chi connectivity index (χ1) is 20.9. The van der Waals surface area contributed by atoms with Crippen LogP contribution < -0.4 is 15.4 Å². The number of nitrogens with zero attached hydrogens (tertiary/aromatic N) is 3. The Morgan fingerprint density at radius 3 is 2.42 bits per heavy atom. The molecule has 1 aliphatic heterocycles. The number of carbonyl (C=O) groups is 1. The Morgan fingerprint density at radius 2 is 1.77 bits per heavy atom. The predicted octanol–water partition coefficient (Wildman–Crippen LogP) is 4.73.